The summed E-state index contributed by atoms with van der Waals surface area (Å²) >= 11 is 0. The van der Waals surface area contributed by atoms with Crippen LogP contribution >= 0.6 is 0 Å². The van der Waals surface area contributed by atoms with Gasteiger partial charge in [-0.3, -0.25) is 9.59 Å². The number of hydrogen-bond acceptors (Lipinski definition) is 3. The second-order valence-electron chi connectivity index (χ2n) is 8.67. The van der Waals surface area contributed by atoms with Crippen LogP contribution in [0.4, 0.5) is 0 Å². The van der Waals surface area contributed by atoms with Gasteiger partial charge in [-0.15, -0.1) is 0 Å². The zero-order valence-corrected chi connectivity index (χ0v) is 19.1. The Morgan fingerprint density at radius 2 is 1.45 bits per heavy atom. The maximum Gasteiger partial charge on any atom is 0.242 e. The molecule has 0 aromatic heterocycles. The number of rotatable bonds is 18. The summed E-state index contributed by atoms with van der Waals surface area (Å²) in [6.07, 6.45) is 19.3. The largest absolute Gasteiger partial charge is 0.354 e. The minimum Gasteiger partial charge on any atom is -0.354 e. The average molecular weight is 410 g/mol. The van der Waals surface area contributed by atoms with E-state index in [4.69, 9.17) is 5.73 Å². The van der Waals surface area contributed by atoms with Crippen molar-refractivity contribution < 1.29 is 9.59 Å². The summed E-state index contributed by atoms with van der Waals surface area (Å²) in [6, 6.07) is -0.241. The van der Waals surface area contributed by atoms with Gasteiger partial charge >= 0.3 is 0 Å². The maximum absolute atomic E-state index is 12.6. The first-order chi connectivity index (χ1) is 14.2. The molecular weight excluding hydrogens is 362 g/mol. The second-order valence-corrected chi connectivity index (χ2v) is 8.67. The lowest BCUT2D eigenvalue weighted by Crippen LogP contribution is -2.46. The Labute approximate surface area is 179 Å². The molecule has 0 spiro atoms. The number of carbonyl (C=O) groups is 2. The summed E-state index contributed by atoms with van der Waals surface area (Å²) in [5.41, 5.74) is 5.50. The third-order valence-corrected chi connectivity index (χ3v) is 6.05. The van der Waals surface area contributed by atoms with Gasteiger partial charge in [0.15, 0.2) is 0 Å². The Morgan fingerprint density at radius 3 is 2.10 bits per heavy atom. The minimum absolute atomic E-state index is 0.0396. The highest BCUT2D eigenvalue weighted by molar-refractivity contribution is 5.88. The third kappa shape index (κ3) is 12.2. The van der Waals surface area contributed by atoms with Gasteiger partial charge in [-0.25, -0.2) is 0 Å². The van der Waals surface area contributed by atoms with Crippen molar-refractivity contribution in [3.63, 3.8) is 0 Å². The number of likely N-dealkylation sites (tertiary alicyclic amines) is 1. The smallest absolute Gasteiger partial charge is 0.242 e. The summed E-state index contributed by atoms with van der Waals surface area (Å²) in [7, 11) is 0. The minimum atomic E-state index is -0.241. The van der Waals surface area contributed by atoms with Crippen LogP contribution in [0.15, 0.2) is 0 Å². The number of nitrogens with zero attached hydrogens (tertiary/aromatic N) is 1. The lowest BCUT2D eigenvalue weighted by Gasteiger charge is -2.24. The molecule has 0 aromatic carbocycles. The standard InChI is InChI=1S/C24H47N3O2/c1-2-3-4-5-6-7-8-9-10-13-18-23(28)27-21-16-17-22(27)24(29)26-20-15-12-11-14-19-25/h22H,2-21,25H2,1H3,(H,26,29)/t22-/m1/s1. The van der Waals surface area contributed by atoms with Crippen LogP contribution in [0.5, 0.6) is 0 Å². The highest BCUT2D eigenvalue weighted by atomic mass is 16.2. The quantitative estimate of drug-likeness (QED) is 0.315. The number of carbonyl (C=O) groups excluding carboxylic acids is 2. The average Bonchev–Trinajstić information content (AvgIpc) is 3.22. The van der Waals surface area contributed by atoms with Crippen molar-refractivity contribution >= 4 is 11.8 Å². The lowest BCUT2D eigenvalue weighted by molar-refractivity contribution is -0.138. The molecule has 0 unspecified atom stereocenters. The molecule has 1 aliphatic heterocycles. The monoisotopic (exact) mass is 409 g/mol. The van der Waals surface area contributed by atoms with Crippen LogP contribution in [0, 0.1) is 0 Å². The molecule has 1 atom stereocenters. The summed E-state index contributed by atoms with van der Waals surface area (Å²) in [5, 5.41) is 3.03. The molecule has 1 saturated heterocycles. The summed E-state index contributed by atoms with van der Waals surface area (Å²) in [4.78, 5) is 26.9. The van der Waals surface area contributed by atoms with E-state index in [-0.39, 0.29) is 17.9 Å². The molecule has 0 radical (unpaired) electrons. The lowest BCUT2D eigenvalue weighted by atomic mass is 10.1. The molecule has 1 aliphatic rings. The maximum atomic E-state index is 12.6. The van der Waals surface area contributed by atoms with Gasteiger partial charge < -0.3 is 16.0 Å². The highest BCUT2D eigenvalue weighted by Crippen LogP contribution is 2.20. The van der Waals surface area contributed by atoms with Gasteiger partial charge in [0, 0.05) is 19.5 Å². The fraction of sp³-hybridized carbons (Fsp3) is 0.917. The Kier molecular flexibility index (Phi) is 15.9. The van der Waals surface area contributed by atoms with Crippen LogP contribution in [0.25, 0.3) is 0 Å². The van der Waals surface area contributed by atoms with Crippen molar-refractivity contribution in [1.29, 1.82) is 0 Å². The van der Waals surface area contributed by atoms with Gasteiger partial charge in [0.1, 0.15) is 6.04 Å². The van der Waals surface area contributed by atoms with Gasteiger partial charge in [-0.1, -0.05) is 77.6 Å². The van der Waals surface area contributed by atoms with E-state index in [1.54, 1.807) is 0 Å². The normalized spacial score (nSPS) is 16.3. The van der Waals surface area contributed by atoms with Crippen LogP contribution in [0.3, 0.4) is 0 Å². The summed E-state index contributed by atoms with van der Waals surface area (Å²) < 4.78 is 0. The topological polar surface area (TPSA) is 75.4 Å². The Morgan fingerprint density at radius 1 is 0.862 bits per heavy atom. The zero-order chi connectivity index (χ0) is 21.2. The van der Waals surface area contributed by atoms with Crippen molar-refractivity contribution in [2.24, 2.45) is 5.73 Å². The van der Waals surface area contributed by atoms with Crippen LogP contribution in [0.1, 0.15) is 116 Å². The van der Waals surface area contributed by atoms with E-state index in [9.17, 15) is 9.59 Å². The molecule has 0 aliphatic carbocycles. The van der Waals surface area contributed by atoms with Crippen molar-refractivity contribution in [3.8, 4) is 0 Å². The van der Waals surface area contributed by atoms with Crippen LogP contribution in [-0.4, -0.2) is 42.4 Å². The molecule has 0 bridgehead atoms. The van der Waals surface area contributed by atoms with Gasteiger partial charge in [0.05, 0.1) is 0 Å². The number of unbranched alkanes of at least 4 members (excludes halogenated alkanes) is 12. The van der Waals surface area contributed by atoms with E-state index in [2.05, 4.69) is 12.2 Å². The van der Waals surface area contributed by atoms with Gasteiger partial charge in [-0.05, 0) is 38.6 Å². The molecule has 0 saturated carbocycles. The molecule has 29 heavy (non-hydrogen) atoms. The van der Waals surface area contributed by atoms with Crippen molar-refractivity contribution in [1.82, 2.24) is 10.2 Å². The Balaban J connectivity index is 2.09. The van der Waals surface area contributed by atoms with E-state index < -0.39 is 0 Å². The number of hydrogen-bond donors (Lipinski definition) is 2. The SMILES string of the molecule is CCCCCCCCCCCCC(=O)N1CCC[C@@H]1C(=O)NCCCCCCN. The predicted octanol–water partition coefficient (Wildman–Crippen LogP) is 4.92. The van der Waals surface area contributed by atoms with E-state index in [0.29, 0.717) is 13.0 Å². The number of amides is 2. The van der Waals surface area contributed by atoms with Gasteiger partial charge in [0.2, 0.25) is 11.8 Å². The number of nitrogens with one attached hydrogen (secondary N) is 1. The van der Waals surface area contributed by atoms with Gasteiger partial charge in [-0.2, -0.15) is 0 Å². The fourth-order valence-electron chi connectivity index (χ4n) is 4.20. The molecular formula is C24H47N3O2. The molecule has 1 rings (SSSR count). The van der Waals surface area contributed by atoms with Crippen LogP contribution < -0.4 is 11.1 Å². The first kappa shape index (κ1) is 25.9. The zero-order valence-electron chi connectivity index (χ0n) is 19.1. The van der Waals surface area contributed by atoms with Gasteiger partial charge in [0.25, 0.3) is 0 Å². The highest BCUT2D eigenvalue weighted by Gasteiger charge is 2.33. The third-order valence-electron chi connectivity index (χ3n) is 6.05. The summed E-state index contributed by atoms with van der Waals surface area (Å²) in [5.74, 6) is 0.211. The second kappa shape index (κ2) is 17.7. The van der Waals surface area contributed by atoms with Crippen molar-refractivity contribution in [3.05, 3.63) is 0 Å². The molecule has 1 fully saturated rings. The molecule has 0 aromatic rings. The van der Waals surface area contributed by atoms with E-state index in [1.165, 1.54) is 51.4 Å². The van der Waals surface area contributed by atoms with E-state index in [0.717, 1.165) is 64.5 Å². The van der Waals surface area contributed by atoms with E-state index >= 15 is 0 Å². The first-order valence-electron chi connectivity index (χ1n) is 12.5. The number of nitrogens with two attached hydrogens (primary N) is 1. The van der Waals surface area contributed by atoms with Crippen LogP contribution in [0.2, 0.25) is 0 Å². The molecule has 3 N–H and O–H groups in total. The predicted molar refractivity (Wildman–Crippen MR) is 122 cm³/mol. The molecule has 1 heterocycles. The van der Waals surface area contributed by atoms with E-state index in [1.807, 2.05) is 4.90 Å². The van der Waals surface area contributed by atoms with Crippen molar-refractivity contribution in [2.45, 2.75) is 122 Å². The van der Waals surface area contributed by atoms with Crippen molar-refractivity contribution in [2.75, 3.05) is 19.6 Å². The molecule has 2 amide bonds. The van der Waals surface area contributed by atoms with Crippen LogP contribution in [-0.2, 0) is 9.59 Å². The fourth-order valence-corrected chi connectivity index (χ4v) is 4.20. The Hall–Kier alpha value is -1.10. The molecule has 5 heteroatoms. The summed E-state index contributed by atoms with van der Waals surface area (Å²) in [6.45, 7) is 4.44. The molecule has 5 nitrogen and oxygen atoms in total. The molecule has 170 valence electrons. The Bertz CT molecular complexity index is 428. The first-order valence-corrected chi connectivity index (χ1v) is 12.5.